The van der Waals surface area contributed by atoms with Crippen LogP contribution < -0.4 is 5.06 Å². The molecule has 1 unspecified atom stereocenters. The molecule has 1 aliphatic rings. The fourth-order valence-corrected chi connectivity index (χ4v) is 2.76. The van der Waals surface area contributed by atoms with E-state index >= 15 is 0 Å². The van der Waals surface area contributed by atoms with Crippen LogP contribution in [-0.4, -0.2) is 10.2 Å². The number of rotatable bonds is 1. The second-order valence-electron chi connectivity index (χ2n) is 5.40. The number of fused-ring (bicyclic) bond motifs is 3. The molecule has 1 aliphatic heterocycles. The molecule has 108 valence electrons. The zero-order chi connectivity index (χ0) is 15.2. The molecule has 3 aromatic rings. The lowest BCUT2D eigenvalue weighted by atomic mass is 9.99. The minimum atomic E-state index is -0.940. The Kier molecular flexibility index (Phi) is 2.71. The van der Waals surface area contributed by atoms with Gasteiger partial charge < -0.3 is 0 Å². The van der Waals surface area contributed by atoms with Gasteiger partial charge in [0, 0.05) is 17.1 Å². The lowest BCUT2D eigenvalue weighted by Gasteiger charge is -2.37. The maximum absolute atomic E-state index is 10.8. The van der Waals surface area contributed by atoms with Gasteiger partial charge in [-0.2, -0.15) is 10.2 Å². The first kappa shape index (κ1) is 12.9. The number of pyridine rings is 1. The van der Waals surface area contributed by atoms with Gasteiger partial charge in [0.15, 0.2) is 5.66 Å². The van der Waals surface area contributed by atoms with E-state index in [1.54, 1.807) is 6.20 Å². The lowest BCUT2D eigenvalue weighted by Crippen LogP contribution is -2.41. The molecule has 0 saturated carbocycles. The maximum Gasteiger partial charge on any atom is 0.199 e. The van der Waals surface area contributed by atoms with E-state index in [-0.39, 0.29) is 0 Å². The molecule has 1 aromatic heterocycles. The highest BCUT2D eigenvalue weighted by Gasteiger charge is 2.38. The molecule has 2 heterocycles. The summed E-state index contributed by atoms with van der Waals surface area (Å²) < 4.78 is 0. The van der Waals surface area contributed by atoms with E-state index in [4.69, 9.17) is 0 Å². The van der Waals surface area contributed by atoms with Crippen LogP contribution in [-0.2, 0) is 5.66 Å². The van der Waals surface area contributed by atoms with Crippen molar-refractivity contribution in [1.29, 1.82) is 0 Å². The molecule has 0 spiro atoms. The third-order valence-electron chi connectivity index (χ3n) is 4.04. The molecule has 0 aliphatic carbocycles. The summed E-state index contributed by atoms with van der Waals surface area (Å²) in [5.41, 5.74) is 2.03. The first-order chi connectivity index (χ1) is 10.7. The quantitative estimate of drug-likeness (QED) is 0.722. The number of azo groups is 1. The number of aromatic nitrogens is 1. The molecule has 1 atom stereocenters. The summed E-state index contributed by atoms with van der Waals surface area (Å²) >= 11 is 0. The molecule has 0 radical (unpaired) electrons. The number of anilines is 1. The van der Waals surface area contributed by atoms with Gasteiger partial charge in [0.05, 0.1) is 11.2 Å². The SMILES string of the molecule is CC1(c2ccccc2)N=Nc2c(ccc3ncccc23)N1O. The smallest absolute Gasteiger partial charge is 0.199 e. The molecule has 0 bridgehead atoms. The molecule has 1 N–H and O–H groups in total. The second kappa shape index (κ2) is 4.61. The van der Waals surface area contributed by atoms with Crippen LogP contribution >= 0.6 is 0 Å². The van der Waals surface area contributed by atoms with Gasteiger partial charge in [0.2, 0.25) is 0 Å². The van der Waals surface area contributed by atoms with Gasteiger partial charge in [-0.3, -0.25) is 10.2 Å². The predicted octanol–water partition coefficient (Wildman–Crippen LogP) is 4.40. The monoisotopic (exact) mass is 290 g/mol. The van der Waals surface area contributed by atoms with Gasteiger partial charge in [-0.25, -0.2) is 5.06 Å². The second-order valence-corrected chi connectivity index (χ2v) is 5.40. The normalized spacial score (nSPS) is 20.2. The fraction of sp³-hybridized carbons (Fsp3) is 0.118. The summed E-state index contributed by atoms with van der Waals surface area (Å²) in [4.78, 5) is 4.31. The third-order valence-corrected chi connectivity index (χ3v) is 4.04. The summed E-state index contributed by atoms with van der Waals surface area (Å²) in [7, 11) is 0. The van der Waals surface area contributed by atoms with Crippen molar-refractivity contribution in [2.75, 3.05) is 5.06 Å². The summed E-state index contributed by atoms with van der Waals surface area (Å²) in [5.74, 6) is 0. The van der Waals surface area contributed by atoms with Crippen molar-refractivity contribution in [3.63, 3.8) is 0 Å². The minimum absolute atomic E-state index is 0.627. The Balaban J connectivity index is 1.92. The zero-order valence-electron chi connectivity index (χ0n) is 12.0. The Hall–Kier alpha value is -2.79. The molecular weight excluding hydrogens is 276 g/mol. The first-order valence-corrected chi connectivity index (χ1v) is 7.05. The Morgan fingerprint density at radius 2 is 1.82 bits per heavy atom. The summed E-state index contributed by atoms with van der Waals surface area (Å²) in [6.45, 7) is 1.84. The van der Waals surface area contributed by atoms with E-state index in [0.717, 1.165) is 16.5 Å². The molecule has 4 rings (SSSR count). The van der Waals surface area contributed by atoms with Gasteiger partial charge in [0.25, 0.3) is 0 Å². The van der Waals surface area contributed by atoms with Crippen LogP contribution in [0.3, 0.4) is 0 Å². The van der Waals surface area contributed by atoms with Crippen molar-refractivity contribution < 1.29 is 5.21 Å². The molecule has 5 nitrogen and oxygen atoms in total. The number of nitrogens with zero attached hydrogens (tertiary/aromatic N) is 4. The Labute approximate surface area is 127 Å². The van der Waals surface area contributed by atoms with Crippen LogP contribution in [0.4, 0.5) is 11.4 Å². The first-order valence-electron chi connectivity index (χ1n) is 7.05. The van der Waals surface area contributed by atoms with Crippen molar-refractivity contribution in [2.24, 2.45) is 10.2 Å². The number of hydrogen-bond acceptors (Lipinski definition) is 5. The highest BCUT2D eigenvalue weighted by Crippen LogP contribution is 2.45. The fourth-order valence-electron chi connectivity index (χ4n) is 2.76. The van der Waals surface area contributed by atoms with Crippen LogP contribution in [0.25, 0.3) is 10.9 Å². The lowest BCUT2D eigenvalue weighted by molar-refractivity contribution is 0.155. The van der Waals surface area contributed by atoms with Crippen LogP contribution in [0, 0.1) is 0 Å². The molecule has 5 heteroatoms. The van der Waals surface area contributed by atoms with Crippen LogP contribution in [0.5, 0.6) is 0 Å². The van der Waals surface area contributed by atoms with E-state index in [0.29, 0.717) is 11.4 Å². The average Bonchev–Trinajstić information content (AvgIpc) is 2.58. The highest BCUT2D eigenvalue weighted by molar-refractivity contribution is 5.96. The van der Waals surface area contributed by atoms with Crippen molar-refractivity contribution in [1.82, 2.24) is 4.98 Å². The van der Waals surface area contributed by atoms with Gasteiger partial charge >= 0.3 is 0 Å². The average molecular weight is 290 g/mol. The topological polar surface area (TPSA) is 61.1 Å². The van der Waals surface area contributed by atoms with Crippen LogP contribution in [0.2, 0.25) is 0 Å². The van der Waals surface area contributed by atoms with Crippen LogP contribution in [0.1, 0.15) is 12.5 Å². The van der Waals surface area contributed by atoms with E-state index < -0.39 is 5.66 Å². The van der Waals surface area contributed by atoms with E-state index in [1.165, 1.54) is 5.06 Å². The van der Waals surface area contributed by atoms with E-state index in [9.17, 15) is 5.21 Å². The zero-order valence-corrected chi connectivity index (χ0v) is 12.0. The van der Waals surface area contributed by atoms with Crippen molar-refractivity contribution in [3.05, 3.63) is 66.4 Å². The van der Waals surface area contributed by atoms with Crippen molar-refractivity contribution in [3.8, 4) is 0 Å². The maximum atomic E-state index is 10.8. The third kappa shape index (κ3) is 1.72. The van der Waals surface area contributed by atoms with E-state index in [2.05, 4.69) is 15.2 Å². The van der Waals surface area contributed by atoms with Crippen molar-refractivity contribution in [2.45, 2.75) is 12.6 Å². The summed E-state index contributed by atoms with van der Waals surface area (Å²) in [6, 6.07) is 17.1. The highest BCUT2D eigenvalue weighted by atomic mass is 16.5. The van der Waals surface area contributed by atoms with Crippen LogP contribution in [0.15, 0.2) is 71.0 Å². The number of hydrogen-bond donors (Lipinski definition) is 1. The molecule has 0 fully saturated rings. The minimum Gasteiger partial charge on any atom is -0.286 e. The predicted molar refractivity (Wildman–Crippen MR) is 84.3 cm³/mol. The molecule has 2 aromatic carbocycles. The van der Waals surface area contributed by atoms with Gasteiger partial charge in [0.1, 0.15) is 5.69 Å². The summed E-state index contributed by atoms with van der Waals surface area (Å²) in [6.07, 6.45) is 1.74. The summed E-state index contributed by atoms with van der Waals surface area (Å²) in [5, 5.41) is 21.6. The molecular formula is C17H14N4O. The number of hydroxylamine groups is 1. The van der Waals surface area contributed by atoms with E-state index in [1.807, 2.05) is 61.5 Å². The molecule has 22 heavy (non-hydrogen) atoms. The Bertz CT molecular complexity index is 878. The molecule has 0 saturated heterocycles. The van der Waals surface area contributed by atoms with Gasteiger partial charge in [-0.05, 0) is 31.2 Å². The Morgan fingerprint density at radius 1 is 1.00 bits per heavy atom. The van der Waals surface area contributed by atoms with Crippen molar-refractivity contribution >= 4 is 22.3 Å². The standard InChI is InChI=1S/C17H14N4O/c1-17(12-6-3-2-4-7-12)20-19-16-13-8-5-11-18-14(13)9-10-15(16)21(17)22/h2-11,22H,1H3. The number of benzene rings is 2. The Morgan fingerprint density at radius 3 is 2.64 bits per heavy atom. The largest absolute Gasteiger partial charge is 0.286 e. The molecule has 0 amide bonds. The van der Waals surface area contributed by atoms with Gasteiger partial charge in [-0.1, -0.05) is 30.3 Å². The van der Waals surface area contributed by atoms with Gasteiger partial charge in [-0.15, -0.1) is 0 Å².